The number of aromatic nitrogens is 1. The van der Waals surface area contributed by atoms with Crippen molar-refractivity contribution < 1.29 is 4.42 Å². The Balaban J connectivity index is 2.52. The summed E-state index contributed by atoms with van der Waals surface area (Å²) in [5, 5.41) is 0. The van der Waals surface area contributed by atoms with Gasteiger partial charge in [-0.3, -0.25) is 0 Å². The van der Waals surface area contributed by atoms with Crippen LogP contribution >= 0.6 is 0 Å². The molecule has 0 radical (unpaired) electrons. The van der Waals surface area contributed by atoms with Crippen molar-refractivity contribution in [2.45, 2.75) is 53.4 Å². The second kappa shape index (κ2) is 4.16. The van der Waals surface area contributed by atoms with Crippen molar-refractivity contribution in [2.75, 3.05) is 0 Å². The molecule has 2 nitrogen and oxygen atoms in total. The van der Waals surface area contributed by atoms with Crippen LogP contribution in [0.1, 0.15) is 58.5 Å². The maximum absolute atomic E-state index is 5.41. The molecule has 1 aromatic rings. The first-order valence-electron chi connectivity index (χ1n) is 5.33. The van der Waals surface area contributed by atoms with E-state index in [1.807, 2.05) is 0 Å². The minimum Gasteiger partial charge on any atom is -0.449 e. The van der Waals surface area contributed by atoms with Gasteiger partial charge in [-0.15, -0.1) is 0 Å². The highest BCUT2D eigenvalue weighted by Crippen LogP contribution is 2.22. The molecule has 0 spiro atoms. The molecule has 1 heterocycles. The van der Waals surface area contributed by atoms with Crippen molar-refractivity contribution in [1.29, 1.82) is 0 Å². The quantitative estimate of drug-likeness (QED) is 0.733. The van der Waals surface area contributed by atoms with E-state index in [0.717, 1.165) is 24.4 Å². The zero-order chi connectivity index (χ0) is 10.8. The lowest BCUT2D eigenvalue weighted by Gasteiger charge is -2.16. The molecule has 0 aromatic carbocycles. The van der Waals surface area contributed by atoms with Gasteiger partial charge < -0.3 is 4.42 Å². The second-order valence-corrected chi connectivity index (χ2v) is 5.38. The van der Waals surface area contributed by atoms with Gasteiger partial charge in [0.05, 0.1) is 5.69 Å². The summed E-state index contributed by atoms with van der Waals surface area (Å²) in [5.74, 6) is 1.34. The summed E-state index contributed by atoms with van der Waals surface area (Å²) in [7, 11) is 0. The molecule has 0 aliphatic heterocycles. The number of aryl methyl sites for hydroxylation is 1. The van der Waals surface area contributed by atoms with Crippen molar-refractivity contribution >= 4 is 0 Å². The van der Waals surface area contributed by atoms with E-state index in [9.17, 15) is 0 Å². The van der Waals surface area contributed by atoms with Crippen molar-refractivity contribution in [3.05, 3.63) is 17.8 Å². The highest BCUT2D eigenvalue weighted by molar-refractivity contribution is 5.01. The first kappa shape index (κ1) is 11.3. The van der Waals surface area contributed by atoms with Crippen LogP contribution in [-0.2, 0) is 6.42 Å². The van der Waals surface area contributed by atoms with Crippen LogP contribution in [0, 0.1) is 5.41 Å². The van der Waals surface area contributed by atoms with Gasteiger partial charge in [-0.1, -0.05) is 34.6 Å². The van der Waals surface area contributed by atoms with Gasteiger partial charge in [0.1, 0.15) is 6.26 Å². The van der Waals surface area contributed by atoms with Crippen LogP contribution in [0.25, 0.3) is 0 Å². The van der Waals surface area contributed by atoms with Crippen molar-refractivity contribution in [1.82, 2.24) is 4.98 Å². The summed E-state index contributed by atoms with van der Waals surface area (Å²) in [6.45, 7) is 11.0. The SMILES string of the molecule is CC(C)c1coc(CCC(C)(C)C)n1. The predicted octanol–water partition coefficient (Wildman–Crippen LogP) is 3.78. The molecule has 0 amide bonds. The zero-order valence-electron chi connectivity index (χ0n) is 9.92. The largest absolute Gasteiger partial charge is 0.449 e. The molecule has 0 saturated heterocycles. The summed E-state index contributed by atoms with van der Waals surface area (Å²) in [5.41, 5.74) is 1.42. The molecule has 2 heteroatoms. The van der Waals surface area contributed by atoms with Crippen LogP contribution in [0.15, 0.2) is 10.7 Å². The molecule has 0 N–H and O–H groups in total. The highest BCUT2D eigenvalue weighted by Gasteiger charge is 2.13. The molecule has 0 unspecified atom stereocenters. The fraction of sp³-hybridized carbons (Fsp3) is 0.750. The van der Waals surface area contributed by atoms with E-state index < -0.39 is 0 Å². The van der Waals surface area contributed by atoms with Crippen LogP contribution in [0.2, 0.25) is 0 Å². The summed E-state index contributed by atoms with van der Waals surface area (Å²) in [6.07, 6.45) is 3.84. The Morgan fingerprint density at radius 1 is 1.36 bits per heavy atom. The molecule has 1 rings (SSSR count). The molecular formula is C12H21NO. The van der Waals surface area contributed by atoms with Crippen molar-refractivity contribution in [2.24, 2.45) is 5.41 Å². The van der Waals surface area contributed by atoms with Crippen LogP contribution in [0.5, 0.6) is 0 Å². The Hall–Kier alpha value is -0.790. The third-order valence-corrected chi connectivity index (χ3v) is 2.25. The van der Waals surface area contributed by atoms with E-state index in [-0.39, 0.29) is 0 Å². The predicted molar refractivity (Wildman–Crippen MR) is 58.4 cm³/mol. The van der Waals surface area contributed by atoms with Crippen molar-refractivity contribution in [3.8, 4) is 0 Å². The Morgan fingerprint density at radius 2 is 2.00 bits per heavy atom. The summed E-state index contributed by atoms with van der Waals surface area (Å²) < 4.78 is 5.41. The third-order valence-electron chi connectivity index (χ3n) is 2.25. The van der Waals surface area contributed by atoms with Crippen LogP contribution in [0.3, 0.4) is 0 Å². The van der Waals surface area contributed by atoms with E-state index >= 15 is 0 Å². The number of hydrogen-bond donors (Lipinski definition) is 0. The first-order chi connectivity index (χ1) is 6.38. The molecular weight excluding hydrogens is 174 g/mol. The van der Waals surface area contributed by atoms with Gasteiger partial charge in [-0.05, 0) is 17.8 Å². The lowest BCUT2D eigenvalue weighted by atomic mass is 9.91. The minimum atomic E-state index is 0.354. The Labute approximate surface area is 86.7 Å². The molecule has 1 aromatic heterocycles. The van der Waals surface area contributed by atoms with Crippen LogP contribution < -0.4 is 0 Å². The van der Waals surface area contributed by atoms with Crippen molar-refractivity contribution in [3.63, 3.8) is 0 Å². The number of hydrogen-bond acceptors (Lipinski definition) is 2. The zero-order valence-corrected chi connectivity index (χ0v) is 9.92. The molecule has 0 aliphatic carbocycles. The van der Waals surface area contributed by atoms with Gasteiger partial charge in [0.15, 0.2) is 5.89 Å². The van der Waals surface area contributed by atoms with Crippen LogP contribution in [0.4, 0.5) is 0 Å². The van der Waals surface area contributed by atoms with Gasteiger partial charge in [0.2, 0.25) is 0 Å². The van der Waals surface area contributed by atoms with Gasteiger partial charge >= 0.3 is 0 Å². The highest BCUT2D eigenvalue weighted by atomic mass is 16.3. The number of rotatable bonds is 3. The molecule has 14 heavy (non-hydrogen) atoms. The second-order valence-electron chi connectivity index (χ2n) is 5.38. The topological polar surface area (TPSA) is 26.0 Å². The number of oxazole rings is 1. The fourth-order valence-corrected chi connectivity index (χ4v) is 1.19. The lowest BCUT2D eigenvalue weighted by molar-refractivity contribution is 0.355. The summed E-state index contributed by atoms with van der Waals surface area (Å²) in [6, 6.07) is 0. The average Bonchev–Trinajstić information content (AvgIpc) is 2.47. The minimum absolute atomic E-state index is 0.354. The smallest absolute Gasteiger partial charge is 0.194 e. The van der Waals surface area contributed by atoms with Gasteiger partial charge in [0, 0.05) is 6.42 Å². The van der Waals surface area contributed by atoms with E-state index in [2.05, 4.69) is 39.6 Å². The molecule has 0 atom stereocenters. The van der Waals surface area contributed by atoms with Gasteiger partial charge in [0.25, 0.3) is 0 Å². The van der Waals surface area contributed by atoms with E-state index in [4.69, 9.17) is 4.42 Å². The van der Waals surface area contributed by atoms with Crippen LogP contribution in [-0.4, -0.2) is 4.98 Å². The molecule has 80 valence electrons. The monoisotopic (exact) mass is 195 g/mol. The van der Waals surface area contributed by atoms with E-state index in [1.54, 1.807) is 6.26 Å². The Bertz CT molecular complexity index is 281. The van der Waals surface area contributed by atoms with E-state index in [1.165, 1.54) is 0 Å². The average molecular weight is 195 g/mol. The molecule has 0 bridgehead atoms. The normalized spacial score (nSPS) is 12.4. The van der Waals surface area contributed by atoms with Gasteiger partial charge in [-0.2, -0.15) is 0 Å². The first-order valence-corrected chi connectivity index (χ1v) is 5.33. The third kappa shape index (κ3) is 3.52. The number of nitrogens with zero attached hydrogens (tertiary/aromatic N) is 1. The standard InChI is InChI=1S/C12H21NO/c1-9(2)10-8-14-11(13-10)6-7-12(3,4)5/h8-9H,6-7H2,1-5H3. The summed E-state index contributed by atoms with van der Waals surface area (Å²) in [4.78, 5) is 4.45. The van der Waals surface area contributed by atoms with E-state index in [0.29, 0.717) is 11.3 Å². The molecule has 0 fully saturated rings. The van der Waals surface area contributed by atoms with Gasteiger partial charge in [-0.25, -0.2) is 4.98 Å². The summed E-state index contributed by atoms with van der Waals surface area (Å²) >= 11 is 0. The molecule has 0 saturated carbocycles. The maximum atomic E-state index is 5.41. The fourth-order valence-electron chi connectivity index (χ4n) is 1.19. The Kier molecular flexibility index (Phi) is 3.35. The Morgan fingerprint density at radius 3 is 2.43 bits per heavy atom. The maximum Gasteiger partial charge on any atom is 0.194 e. The lowest BCUT2D eigenvalue weighted by Crippen LogP contribution is -2.06. The molecule has 0 aliphatic rings.